The Morgan fingerprint density at radius 1 is 0.900 bits per heavy atom. The van der Waals surface area contributed by atoms with Crippen molar-refractivity contribution >= 4 is 21.2 Å². The first-order valence-corrected chi connectivity index (χ1v) is 4.55. The molecule has 0 nitrogen and oxygen atoms in total. The Morgan fingerprint density at radius 3 is 1.40 bits per heavy atom. The van der Waals surface area contributed by atoms with Crippen molar-refractivity contribution in [2.24, 2.45) is 0 Å². The van der Waals surface area contributed by atoms with E-state index in [4.69, 9.17) is 0 Å². The van der Waals surface area contributed by atoms with Gasteiger partial charge in [-0.15, -0.1) is 0 Å². The largest absolute Gasteiger partial charge is 0.432 e. The fourth-order valence-electron chi connectivity index (χ4n) is 0.152. The second-order valence-corrected chi connectivity index (χ2v) is 4.06. The summed E-state index contributed by atoms with van der Waals surface area (Å²) in [6.07, 6.45) is -4.66. The second-order valence-electron chi connectivity index (χ2n) is 1.31. The van der Waals surface area contributed by atoms with Crippen LogP contribution in [0, 0.1) is 0 Å². The van der Waals surface area contributed by atoms with E-state index in [0.29, 0.717) is 0 Å². The maximum absolute atomic E-state index is 11.1. The van der Waals surface area contributed by atoms with Crippen LogP contribution in [0.3, 0.4) is 0 Å². The molecule has 0 rings (SSSR count). The summed E-state index contributed by atoms with van der Waals surface area (Å²) in [6, 6.07) is 0. The number of hydrogen-bond acceptors (Lipinski definition) is 0. The average molecular weight is 279 g/mol. The predicted octanol–water partition coefficient (Wildman–Crippen LogP) is 3.04. The van der Waals surface area contributed by atoms with Crippen molar-refractivity contribution in [2.75, 3.05) is 4.43 Å². The zero-order valence-corrected chi connectivity index (χ0v) is 6.51. The lowest BCUT2D eigenvalue weighted by Crippen LogP contribution is -2.13. The van der Waals surface area contributed by atoms with Crippen LogP contribution in [-0.2, 0) is 0 Å². The molecule has 0 aromatic carbocycles. The molecule has 0 spiro atoms. The Labute approximate surface area is 62.8 Å². The van der Waals surface area contributed by atoms with Gasteiger partial charge in [0.05, 0.1) is 4.43 Å². The van der Waals surface area contributed by atoms with Crippen LogP contribution in [0.15, 0.2) is 0 Å². The zero-order chi connectivity index (χ0) is 8.41. The first-order chi connectivity index (χ1) is 4.21. The molecule has 63 valence electrons. The Morgan fingerprint density at radius 2 is 1.30 bits per heavy atom. The topological polar surface area (TPSA) is 0 Å². The van der Waals surface area contributed by atoms with Crippen LogP contribution in [0.25, 0.3) is 0 Å². The Kier molecular flexibility index (Phi) is 3.24. The summed E-state index contributed by atoms with van der Waals surface area (Å²) >= 11 is -2.73. The highest BCUT2D eigenvalue weighted by Gasteiger charge is 2.36. The summed E-state index contributed by atoms with van der Waals surface area (Å²) in [5.41, 5.74) is 0. The molecule has 0 aliphatic heterocycles. The Balaban J connectivity index is 3.56. The highest BCUT2D eigenvalue weighted by Crippen LogP contribution is 2.40. The molecular formula is C3H2F6I. The minimum Gasteiger partial charge on any atom is -0.170 e. The van der Waals surface area contributed by atoms with Crippen molar-refractivity contribution in [2.45, 2.75) is 10.4 Å². The van der Waals surface area contributed by atoms with Crippen LogP contribution in [0.5, 0.6) is 0 Å². The number of halogens is 7. The molecule has 0 fully saturated rings. The van der Waals surface area contributed by atoms with E-state index in [2.05, 4.69) is 0 Å². The highest BCUT2D eigenvalue weighted by atomic mass is 127. The summed E-state index contributed by atoms with van der Waals surface area (Å²) in [7, 11) is 0. The van der Waals surface area contributed by atoms with Gasteiger partial charge < -0.3 is 0 Å². The van der Waals surface area contributed by atoms with Gasteiger partial charge in [-0.25, -0.2) is 0 Å². The average Bonchev–Trinajstić information content (AvgIpc) is 1.57. The Hall–Kier alpha value is 0.310. The van der Waals surface area contributed by atoms with Crippen LogP contribution >= 0.6 is 21.2 Å². The van der Waals surface area contributed by atoms with E-state index < -0.39 is 36.0 Å². The van der Waals surface area contributed by atoms with E-state index in [1.54, 1.807) is 0 Å². The van der Waals surface area contributed by atoms with Gasteiger partial charge in [0.25, 0.3) is 0 Å². The standard InChI is InChI=1S/C3H2F6I/c4-2(5,6)1-10-3(7,8)9/h1H2. The molecule has 0 saturated carbocycles. The quantitative estimate of drug-likeness (QED) is 0.393. The molecule has 0 aliphatic rings. The maximum Gasteiger partial charge on any atom is 0.432 e. The van der Waals surface area contributed by atoms with Crippen molar-refractivity contribution in [1.29, 1.82) is 0 Å². The van der Waals surface area contributed by atoms with Crippen LogP contribution in [0.4, 0.5) is 26.3 Å². The van der Waals surface area contributed by atoms with Crippen LogP contribution in [-0.4, -0.2) is 14.8 Å². The van der Waals surface area contributed by atoms with E-state index >= 15 is 0 Å². The van der Waals surface area contributed by atoms with Crippen molar-refractivity contribution < 1.29 is 26.3 Å². The normalized spacial score (nSPS) is 13.8. The fraction of sp³-hybridized carbons (Fsp3) is 1.00. The van der Waals surface area contributed by atoms with Gasteiger partial charge in [0.2, 0.25) is 0 Å². The van der Waals surface area contributed by atoms with E-state index in [9.17, 15) is 26.3 Å². The summed E-state index contributed by atoms with van der Waals surface area (Å²) in [5.74, 6) is 0. The van der Waals surface area contributed by atoms with Crippen molar-refractivity contribution in [3.8, 4) is 0 Å². The third-order valence-corrected chi connectivity index (χ3v) is 2.48. The van der Waals surface area contributed by atoms with E-state index in [1.807, 2.05) is 0 Å². The van der Waals surface area contributed by atoms with Gasteiger partial charge in [0.15, 0.2) is 0 Å². The minimum absolute atomic E-state index is 1.69. The SMILES string of the molecule is FC(F)(F)C[I]C(F)(F)F. The number of rotatable bonds is 1. The summed E-state index contributed by atoms with van der Waals surface area (Å²) in [5, 5.41) is 0. The molecular weight excluding hydrogens is 277 g/mol. The predicted molar refractivity (Wildman–Crippen MR) is 31.0 cm³/mol. The van der Waals surface area contributed by atoms with E-state index in [1.165, 1.54) is 0 Å². The number of alkyl halides is 8. The van der Waals surface area contributed by atoms with Crippen LogP contribution in [0.2, 0.25) is 0 Å². The smallest absolute Gasteiger partial charge is 0.170 e. The maximum atomic E-state index is 11.1. The van der Waals surface area contributed by atoms with Crippen LogP contribution in [0.1, 0.15) is 0 Å². The molecule has 0 amide bonds. The van der Waals surface area contributed by atoms with Gasteiger partial charge >= 0.3 is 10.4 Å². The van der Waals surface area contributed by atoms with Crippen molar-refractivity contribution in [3.63, 3.8) is 0 Å². The molecule has 0 saturated heterocycles. The molecule has 0 atom stereocenters. The molecule has 0 N–H and O–H groups in total. The minimum atomic E-state index is -4.66. The third-order valence-electron chi connectivity index (χ3n) is 0.370. The fourth-order valence-corrected chi connectivity index (χ4v) is 1.02. The van der Waals surface area contributed by atoms with Crippen molar-refractivity contribution in [1.82, 2.24) is 0 Å². The van der Waals surface area contributed by atoms with E-state index in [0.717, 1.165) is 0 Å². The highest BCUT2D eigenvalue weighted by molar-refractivity contribution is 14.2. The van der Waals surface area contributed by atoms with Gasteiger partial charge in [-0.3, -0.25) is 0 Å². The molecule has 0 aromatic heterocycles. The molecule has 1 radical (unpaired) electrons. The van der Waals surface area contributed by atoms with Gasteiger partial charge in [-0.1, -0.05) is 0 Å². The second kappa shape index (κ2) is 3.14. The summed E-state index contributed by atoms with van der Waals surface area (Å²) < 4.78 is 60.5. The molecule has 0 unspecified atom stereocenters. The monoisotopic (exact) mass is 279 g/mol. The number of hydrogen-bond donors (Lipinski definition) is 0. The lowest BCUT2D eigenvalue weighted by Gasteiger charge is -2.07. The lowest BCUT2D eigenvalue weighted by atomic mass is 10.8. The zero-order valence-electron chi connectivity index (χ0n) is 4.35. The third kappa shape index (κ3) is 8.31. The van der Waals surface area contributed by atoms with E-state index in [-0.39, 0.29) is 0 Å². The Bertz CT molecular complexity index is 86.5. The lowest BCUT2D eigenvalue weighted by molar-refractivity contribution is -0.103. The molecule has 0 heterocycles. The van der Waals surface area contributed by atoms with Gasteiger partial charge in [0, 0.05) is 0 Å². The van der Waals surface area contributed by atoms with Crippen LogP contribution < -0.4 is 0 Å². The van der Waals surface area contributed by atoms with Gasteiger partial charge in [0.1, 0.15) is 0 Å². The molecule has 0 bridgehead atoms. The van der Waals surface area contributed by atoms with Crippen molar-refractivity contribution in [3.05, 3.63) is 0 Å². The van der Waals surface area contributed by atoms with Gasteiger partial charge in [-0.2, -0.15) is 26.3 Å². The molecule has 0 aromatic rings. The summed E-state index contributed by atoms with van der Waals surface area (Å²) in [4.78, 5) is 0. The molecule has 10 heavy (non-hydrogen) atoms. The molecule has 7 heteroatoms. The first-order valence-electron chi connectivity index (χ1n) is 1.94. The first kappa shape index (κ1) is 10.3. The summed E-state index contributed by atoms with van der Waals surface area (Å²) in [6.45, 7) is 0. The molecule has 0 aliphatic carbocycles. The van der Waals surface area contributed by atoms with Gasteiger partial charge in [-0.05, 0) is 21.2 Å².